The van der Waals surface area contributed by atoms with Crippen molar-refractivity contribution in [2.45, 2.75) is 58.2 Å². The molecule has 3 fully saturated rings. The summed E-state index contributed by atoms with van der Waals surface area (Å²) in [5.74, 6) is 1.76. The fourth-order valence-corrected chi connectivity index (χ4v) is 2.75. The van der Waals surface area contributed by atoms with Gasteiger partial charge in [-0.25, -0.2) is 0 Å². The van der Waals surface area contributed by atoms with Crippen LogP contribution in [0.1, 0.15) is 46.0 Å². The van der Waals surface area contributed by atoms with E-state index in [0.29, 0.717) is 12.2 Å². The lowest BCUT2D eigenvalue weighted by molar-refractivity contribution is -0.0805. The van der Waals surface area contributed by atoms with Crippen LogP contribution in [0.15, 0.2) is 0 Å². The van der Waals surface area contributed by atoms with E-state index >= 15 is 0 Å². The lowest BCUT2D eigenvalue weighted by Crippen LogP contribution is -2.28. The molecule has 0 aromatic carbocycles. The topological polar surface area (TPSA) is 9.23 Å². The average Bonchev–Trinajstić information content (AvgIpc) is 2.40. The van der Waals surface area contributed by atoms with E-state index in [1.165, 1.54) is 32.1 Å². The molecule has 4 atom stereocenters. The molecule has 2 aliphatic heterocycles. The average molecular weight is 168 g/mol. The van der Waals surface area contributed by atoms with Crippen LogP contribution in [0.4, 0.5) is 0 Å². The summed E-state index contributed by atoms with van der Waals surface area (Å²) in [6.07, 6.45) is 8.23. The van der Waals surface area contributed by atoms with Crippen molar-refractivity contribution < 1.29 is 4.74 Å². The zero-order chi connectivity index (χ0) is 8.55. The van der Waals surface area contributed by atoms with Gasteiger partial charge < -0.3 is 4.74 Å². The van der Waals surface area contributed by atoms with Crippen LogP contribution in [-0.2, 0) is 4.74 Å². The van der Waals surface area contributed by atoms with Gasteiger partial charge in [0, 0.05) is 6.42 Å². The summed E-state index contributed by atoms with van der Waals surface area (Å²) in [5.41, 5.74) is 0. The molecule has 1 heteroatoms. The van der Waals surface area contributed by atoms with Crippen molar-refractivity contribution in [2.75, 3.05) is 0 Å². The van der Waals surface area contributed by atoms with Crippen molar-refractivity contribution in [1.82, 2.24) is 0 Å². The Morgan fingerprint density at radius 2 is 2.00 bits per heavy atom. The van der Waals surface area contributed by atoms with Crippen LogP contribution in [0.5, 0.6) is 0 Å². The summed E-state index contributed by atoms with van der Waals surface area (Å²) in [6, 6.07) is 0. The van der Waals surface area contributed by atoms with Crippen molar-refractivity contribution in [3.8, 4) is 0 Å². The monoisotopic (exact) mass is 168 g/mol. The van der Waals surface area contributed by atoms with Crippen LogP contribution in [0.2, 0.25) is 0 Å². The quantitative estimate of drug-likeness (QED) is 0.586. The molecule has 0 spiro atoms. The van der Waals surface area contributed by atoms with Crippen molar-refractivity contribution in [1.29, 1.82) is 0 Å². The van der Waals surface area contributed by atoms with Gasteiger partial charge >= 0.3 is 0 Å². The second kappa shape index (κ2) is 3.37. The minimum absolute atomic E-state index is 0.640. The molecule has 0 aromatic heterocycles. The Labute approximate surface area is 75.5 Å². The van der Waals surface area contributed by atoms with Gasteiger partial charge in [-0.3, -0.25) is 0 Å². The maximum atomic E-state index is 5.71. The summed E-state index contributed by atoms with van der Waals surface area (Å²) in [4.78, 5) is 0. The molecule has 1 saturated carbocycles. The van der Waals surface area contributed by atoms with Crippen LogP contribution >= 0.6 is 0 Å². The van der Waals surface area contributed by atoms with Gasteiger partial charge in [0.05, 0.1) is 12.2 Å². The number of hydrogen-bond donors (Lipinski definition) is 0. The van der Waals surface area contributed by atoms with E-state index in [0.717, 1.165) is 11.8 Å². The first-order valence-electron chi connectivity index (χ1n) is 5.48. The lowest BCUT2D eigenvalue weighted by Gasteiger charge is -2.26. The zero-order valence-corrected chi connectivity index (χ0v) is 8.25. The molecule has 1 nitrogen and oxygen atoms in total. The summed E-state index contributed by atoms with van der Waals surface area (Å²) in [5, 5.41) is 0. The highest BCUT2D eigenvalue weighted by Crippen LogP contribution is 2.48. The molecule has 0 N–H and O–H groups in total. The number of unbranched alkanes of at least 4 members (excludes halogenated alkanes) is 2. The minimum atomic E-state index is 0.640. The summed E-state index contributed by atoms with van der Waals surface area (Å²) in [6.45, 7) is 4.64. The van der Waals surface area contributed by atoms with Gasteiger partial charge in [-0.2, -0.15) is 0 Å². The Balaban J connectivity index is 1.74. The first-order chi connectivity index (χ1) is 5.83. The highest BCUT2D eigenvalue weighted by molar-refractivity contribution is 4.98. The Hall–Kier alpha value is -0.0400. The summed E-state index contributed by atoms with van der Waals surface area (Å²) >= 11 is 0. The molecule has 0 aromatic rings. The van der Waals surface area contributed by atoms with Crippen LogP contribution in [-0.4, -0.2) is 12.2 Å². The van der Waals surface area contributed by atoms with Crippen molar-refractivity contribution in [2.24, 2.45) is 11.8 Å². The van der Waals surface area contributed by atoms with E-state index in [4.69, 9.17) is 4.74 Å². The van der Waals surface area contributed by atoms with Crippen LogP contribution in [0, 0.1) is 11.8 Å². The molecule has 0 amide bonds. The molecule has 0 radical (unpaired) electrons. The van der Waals surface area contributed by atoms with Crippen molar-refractivity contribution in [3.63, 3.8) is 0 Å². The number of fused-ring (bicyclic) bond motifs is 1. The molecule has 3 unspecified atom stereocenters. The molecular weight excluding hydrogens is 148 g/mol. The van der Waals surface area contributed by atoms with Crippen LogP contribution < -0.4 is 0 Å². The molecule has 70 valence electrons. The zero-order valence-electron chi connectivity index (χ0n) is 8.25. The Morgan fingerprint density at radius 3 is 2.50 bits per heavy atom. The molecule has 2 bridgehead atoms. The molecule has 1 aliphatic carbocycles. The highest BCUT2D eigenvalue weighted by atomic mass is 16.5. The SMILES string of the molecule is CCCCCC1C(C)C2C[C@@H]1O2. The summed E-state index contributed by atoms with van der Waals surface area (Å²) < 4.78 is 5.71. The predicted octanol–water partition coefficient (Wildman–Crippen LogP) is 2.99. The van der Waals surface area contributed by atoms with Gasteiger partial charge in [0.1, 0.15) is 0 Å². The third-order valence-corrected chi connectivity index (χ3v) is 3.69. The second-order valence-corrected chi connectivity index (χ2v) is 4.47. The molecular formula is C11H20O. The molecule has 2 heterocycles. The fraction of sp³-hybridized carbons (Fsp3) is 1.00. The van der Waals surface area contributed by atoms with E-state index < -0.39 is 0 Å². The van der Waals surface area contributed by atoms with Gasteiger partial charge in [-0.05, 0) is 18.3 Å². The third kappa shape index (κ3) is 1.28. The van der Waals surface area contributed by atoms with Gasteiger partial charge in [-0.15, -0.1) is 0 Å². The third-order valence-electron chi connectivity index (χ3n) is 3.69. The molecule has 3 rings (SSSR count). The first-order valence-corrected chi connectivity index (χ1v) is 5.48. The minimum Gasteiger partial charge on any atom is -0.374 e. The predicted molar refractivity (Wildman–Crippen MR) is 50.1 cm³/mol. The van der Waals surface area contributed by atoms with E-state index in [9.17, 15) is 0 Å². The lowest BCUT2D eigenvalue weighted by atomic mass is 9.92. The Bertz CT molecular complexity index is 149. The van der Waals surface area contributed by atoms with E-state index in [2.05, 4.69) is 13.8 Å². The van der Waals surface area contributed by atoms with E-state index in [-0.39, 0.29) is 0 Å². The largest absolute Gasteiger partial charge is 0.374 e. The number of hydrogen-bond acceptors (Lipinski definition) is 1. The van der Waals surface area contributed by atoms with Crippen molar-refractivity contribution >= 4 is 0 Å². The van der Waals surface area contributed by atoms with Crippen LogP contribution in [0.25, 0.3) is 0 Å². The molecule has 12 heavy (non-hydrogen) atoms. The van der Waals surface area contributed by atoms with Crippen LogP contribution in [0.3, 0.4) is 0 Å². The van der Waals surface area contributed by atoms with Crippen molar-refractivity contribution in [3.05, 3.63) is 0 Å². The van der Waals surface area contributed by atoms with E-state index in [1.54, 1.807) is 0 Å². The Kier molecular flexibility index (Phi) is 2.40. The molecule has 3 aliphatic rings. The normalized spacial score (nSPS) is 44.5. The number of rotatable bonds is 4. The second-order valence-electron chi connectivity index (χ2n) is 4.47. The standard InChI is InChI=1S/C11H20O/c1-3-4-5-6-9-8(2)10-7-11(9)12-10/h8-11H,3-7H2,1-2H3/t8?,9?,10?,11-/m0/s1. The first kappa shape index (κ1) is 8.55. The van der Waals surface area contributed by atoms with Gasteiger partial charge in [-0.1, -0.05) is 33.1 Å². The van der Waals surface area contributed by atoms with E-state index in [1.807, 2.05) is 0 Å². The smallest absolute Gasteiger partial charge is 0.0635 e. The Morgan fingerprint density at radius 1 is 1.25 bits per heavy atom. The number of ether oxygens (including phenoxy) is 1. The van der Waals surface area contributed by atoms with Gasteiger partial charge in [0.25, 0.3) is 0 Å². The van der Waals surface area contributed by atoms with Gasteiger partial charge in [0.15, 0.2) is 0 Å². The fourth-order valence-electron chi connectivity index (χ4n) is 2.75. The van der Waals surface area contributed by atoms with Gasteiger partial charge in [0.2, 0.25) is 0 Å². The maximum absolute atomic E-state index is 5.71. The highest BCUT2D eigenvalue weighted by Gasteiger charge is 2.50. The maximum Gasteiger partial charge on any atom is 0.0635 e. The summed E-state index contributed by atoms with van der Waals surface area (Å²) in [7, 11) is 0. The molecule has 2 saturated heterocycles.